The van der Waals surface area contributed by atoms with Crippen molar-refractivity contribution >= 4 is 34.9 Å². The van der Waals surface area contributed by atoms with E-state index in [1.165, 1.54) is 26.4 Å². The second-order valence-electron chi connectivity index (χ2n) is 6.60. The van der Waals surface area contributed by atoms with Gasteiger partial charge in [-0.25, -0.2) is 4.79 Å². The van der Waals surface area contributed by atoms with Crippen molar-refractivity contribution in [2.45, 2.75) is 13.2 Å². The number of halogens is 2. The molecule has 0 bridgehead atoms. The minimum Gasteiger partial charge on any atom is -0.495 e. The number of hydrogen-bond donors (Lipinski definition) is 2. The van der Waals surface area contributed by atoms with Gasteiger partial charge in [-0.05, 0) is 53.6 Å². The molecule has 0 fully saturated rings. The smallest absolute Gasteiger partial charge is 0.335 e. The van der Waals surface area contributed by atoms with E-state index in [-0.39, 0.29) is 5.56 Å². The summed E-state index contributed by atoms with van der Waals surface area (Å²) in [4.78, 5) is 11.3. The van der Waals surface area contributed by atoms with E-state index in [9.17, 15) is 9.90 Å². The Hall–Kier alpha value is -3.09. The Kier molecular flexibility index (Phi) is 7.50. The lowest BCUT2D eigenvalue weighted by Gasteiger charge is -2.16. The fraction of sp³-hybridized carbons (Fsp3) is 0.174. The molecule has 6 nitrogen and oxygen atoms in total. The van der Waals surface area contributed by atoms with Crippen molar-refractivity contribution in [3.8, 4) is 17.2 Å². The van der Waals surface area contributed by atoms with Crippen LogP contribution in [0.15, 0.2) is 54.6 Å². The van der Waals surface area contributed by atoms with E-state index in [1.807, 2.05) is 18.2 Å². The Labute approximate surface area is 190 Å². The van der Waals surface area contributed by atoms with Gasteiger partial charge in [-0.3, -0.25) is 0 Å². The molecule has 2 N–H and O–H groups in total. The van der Waals surface area contributed by atoms with Crippen molar-refractivity contribution in [1.82, 2.24) is 0 Å². The monoisotopic (exact) mass is 461 g/mol. The van der Waals surface area contributed by atoms with Crippen molar-refractivity contribution in [1.29, 1.82) is 0 Å². The Morgan fingerprint density at radius 2 is 1.65 bits per heavy atom. The number of carboxylic acids is 1. The molecule has 0 aliphatic rings. The first-order valence-corrected chi connectivity index (χ1v) is 10.1. The third kappa shape index (κ3) is 5.75. The van der Waals surface area contributed by atoms with Crippen molar-refractivity contribution in [2.24, 2.45) is 0 Å². The minimum absolute atomic E-state index is 0.157. The number of rotatable bonds is 9. The van der Waals surface area contributed by atoms with Crippen molar-refractivity contribution in [2.75, 3.05) is 19.5 Å². The van der Waals surface area contributed by atoms with Gasteiger partial charge in [0.1, 0.15) is 12.4 Å². The summed E-state index contributed by atoms with van der Waals surface area (Å²) in [5.41, 5.74) is 2.48. The van der Waals surface area contributed by atoms with Gasteiger partial charge in [-0.15, -0.1) is 0 Å². The van der Waals surface area contributed by atoms with Crippen molar-refractivity contribution in [3.05, 3.63) is 81.3 Å². The zero-order valence-electron chi connectivity index (χ0n) is 16.9. The van der Waals surface area contributed by atoms with E-state index in [4.69, 9.17) is 37.4 Å². The molecule has 0 saturated carbocycles. The SMILES string of the molecule is COc1ccc(C(=O)O)cc1NCc1cc(Cl)c(OCc2ccc(Cl)cc2)c(OC)c1. The average Bonchev–Trinajstić information content (AvgIpc) is 2.77. The van der Waals surface area contributed by atoms with E-state index in [2.05, 4.69) is 5.32 Å². The third-order valence-corrected chi connectivity index (χ3v) is 5.05. The maximum atomic E-state index is 11.3. The Bertz CT molecular complexity index is 1070. The van der Waals surface area contributed by atoms with Gasteiger partial charge in [0.05, 0.1) is 30.5 Å². The van der Waals surface area contributed by atoms with E-state index in [1.54, 1.807) is 24.3 Å². The van der Waals surface area contributed by atoms with Crippen LogP contribution in [-0.2, 0) is 13.2 Å². The lowest BCUT2D eigenvalue weighted by atomic mass is 10.1. The normalized spacial score (nSPS) is 10.5. The van der Waals surface area contributed by atoms with Crippen LogP contribution in [0.25, 0.3) is 0 Å². The molecule has 0 aliphatic heterocycles. The van der Waals surface area contributed by atoms with Crippen LogP contribution in [0.3, 0.4) is 0 Å². The lowest BCUT2D eigenvalue weighted by molar-refractivity contribution is 0.0697. The molecule has 8 heteroatoms. The molecule has 0 radical (unpaired) electrons. The molecular formula is C23H21Cl2NO5. The van der Waals surface area contributed by atoms with E-state index >= 15 is 0 Å². The van der Waals surface area contributed by atoms with Crippen LogP contribution >= 0.6 is 23.2 Å². The van der Waals surface area contributed by atoms with Gasteiger partial charge in [0, 0.05) is 11.6 Å². The highest BCUT2D eigenvalue weighted by Gasteiger charge is 2.14. The standard InChI is InChI=1S/C23H21Cl2NO5/c1-29-20-8-5-16(23(27)28)11-19(20)26-12-15-9-18(25)22(21(10-15)30-2)31-13-14-3-6-17(24)7-4-14/h3-11,26H,12-13H2,1-2H3,(H,27,28). The number of anilines is 1. The highest BCUT2D eigenvalue weighted by atomic mass is 35.5. The van der Waals surface area contributed by atoms with Gasteiger partial charge in [0.25, 0.3) is 0 Å². The van der Waals surface area contributed by atoms with Crippen LogP contribution in [0.1, 0.15) is 21.5 Å². The van der Waals surface area contributed by atoms with Crippen LogP contribution in [0.2, 0.25) is 10.0 Å². The summed E-state index contributed by atoms with van der Waals surface area (Å²) in [6.07, 6.45) is 0. The van der Waals surface area contributed by atoms with E-state index < -0.39 is 5.97 Å². The summed E-state index contributed by atoms with van der Waals surface area (Å²) in [5.74, 6) is 0.446. The zero-order chi connectivity index (χ0) is 22.4. The molecule has 162 valence electrons. The molecule has 0 unspecified atom stereocenters. The minimum atomic E-state index is -1.02. The van der Waals surface area contributed by atoms with Gasteiger partial charge in [-0.1, -0.05) is 35.3 Å². The first-order chi connectivity index (χ1) is 14.9. The molecule has 3 rings (SSSR count). The highest BCUT2D eigenvalue weighted by molar-refractivity contribution is 6.32. The Morgan fingerprint density at radius 1 is 0.935 bits per heavy atom. The van der Waals surface area contributed by atoms with Crippen LogP contribution in [0, 0.1) is 0 Å². The number of nitrogens with one attached hydrogen (secondary N) is 1. The highest BCUT2D eigenvalue weighted by Crippen LogP contribution is 2.37. The quantitative estimate of drug-likeness (QED) is 0.412. The summed E-state index contributed by atoms with van der Waals surface area (Å²) < 4.78 is 16.6. The summed E-state index contributed by atoms with van der Waals surface area (Å²) in [7, 11) is 3.06. The maximum absolute atomic E-state index is 11.3. The predicted molar refractivity (Wildman–Crippen MR) is 121 cm³/mol. The summed E-state index contributed by atoms with van der Waals surface area (Å²) in [5, 5.41) is 13.5. The molecule has 3 aromatic rings. The Balaban J connectivity index is 1.76. The first-order valence-electron chi connectivity index (χ1n) is 9.30. The van der Waals surface area contributed by atoms with Gasteiger partial charge < -0.3 is 24.6 Å². The molecule has 0 aliphatic carbocycles. The summed E-state index contributed by atoms with van der Waals surface area (Å²) in [6, 6.07) is 15.5. The summed E-state index contributed by atoms with van der Waals surface area (Å²) >= 11 is 12.4. The topological polar surface area (TPSA) is 77.0 Å². The third-order valence-electron chi connectivity index (χ3n) is 4.52. The van der Waals surface area contributed by atoms with Gasteiger partial charge in [0.15, 0.2) is 11.5 Å². The van der Waals surface area contributed by atoms with Gasteiger partial charge in [-0.2, -0.15) is 0 Å². The van der Waals surface area contributed by atoms with E-state index in [0.717, 1.165) is 11.1 Å². The van der Waals surface area contributed by atoms with Crippen LogP contribution in [-0.4, -0.2) is 25.3 Å². The fourth-order valence-electron chi connectivity index (χ4n) is 2.93. The number of hydrogen-bond acceptors (Lipinski definition) is 5. The summed E-state index contributed by atoms with van der Waals surface area (Å²) in [6.45, 7) is 0.678. The number of aromatic carboxylic acids is 1. The van der Waals surface area contributed by atoms with Gasteiger partial charge in [0.2, 0.25) is 0 Å². The first kappa shape index (κ1) is 22.6. The Morgan fingerprint density at radius 3 is 2.29 bits per heavy atom. The lowest BCUT2D eigenvalue weighted by Crippen LogP contribution is -2.05. The number of carboxylic acid groups (broad SMARTS) is 1. The van der Waals surface area contributed by atoms with Crippen molar-refractivity contribution < 1.29 is 24.1 Å². The number of ether oxygens (including phenoxy) is 3. The molecule has 0 spiro atoms. The van der Waals surface area contributed by atoms with Crippen LogP contribution in [0.5, 0.6) is 17.2 Å². The number of benzene rings is 3. The second-order valence-corrected chi connectivity index (χ2v) is 7.44. The molecule has 0 heterocycles. The fourth-order valence-corrected chi connectivity index (χ4v) is 3.34. The molecule has 31 heavy (non-hydrogen) atoms. The molecular weight excluding hydrogens is 441 g/mol. The molecule has 3 aromatic carbocycles. The molecule has 0 amide bonds. The van der Waals surface area contributed by atoms with Crippen LogP contribution in [0.4, 0.5) is 5.69 Å². The largest absolute Gasteiger partial charge is 0.495 e. The van der Waals surface area contributed by atoms with Gasteiger partial charge >= 0.3 is 5.97 Å². The maximum Gasteiger partial charge on any atom is 0.335 e. The zero-order valence-corrected chi connectivity index (χ0v) is 18.5. The van der Waals surface area contributed by atoms with E-state index in [0.29, 0.717) is 46.1 Å². The predicted octanol–water partition coefficient (Wildman–Crippen LogP) is 5.90. The average molecular weight is 462 g/mol. The number of carbonyl (C=O) groups is 1. The molecule has 0 atom stereocenters. The molecule has 0 aromatic heterocycles. The van der Waals surface area contributed by atoms with Crippen LogP contribution < -0.4 is 19.5 Å². The second kappa shape index (κ2) is 10.3. The number of methoxy groups -OCH3 is 2. The molecule has 0 saturated heterocycles. The van der Waals surface area contributed by atoms with Crippen molar-refractivity contribution in [3.63, 3.8) is 0 Å².